The predicted octanol–water partition coefficient (Wildman–Crippen LogP) is 2.75. The molecule has 5 heteroatoms. The summed E-state index contributed by atoms with van der Waals surface area (Å²) < 4.78 is 26.3. The molecule has 0 unspecified atom stereocenters. The summed E-state index contributed by atoms with van der Waals surface area (Å²) in [5.74, 6) is -0.365. The number of hydrogen-bond acceptors (Lipinski definition) is 2. The van der Waals surface area contributed by atoms with Gasteiger partial charge in [-0.05, 0) is 35.4 Å². The quantitative estimate of drug-likeness (QED) is 0.337. The Hall–Kier alpha value is 0.0600. The van der Waals surface area contributed by atoms with Gasteiger partial charge in [0.2, 0.25) is 0 Å². The Labute approximate surface area is 83.8 Å². The number of carbonyl (C=O) groups excluding carboxylic acids is 1. The second kappa shape index (κ2) is 5.66. The lowest BCUT2D eigenvalue weighted by molar-refractivity contribution is -0.141. The van der Waals surface area contributed by atoms with Crippen molar-refractivity contribution in [2.45, 2.75) is 30.1 Å². The maximum atomic E-state index is 12.2. The van der Waals surface area contributed by atoms with Crippen LogP contribution in [0, 0.1) is 0 Å². The van der Waals surface area contributed by atoms with Crippen molar-refractivity contribution in [1.29, 1.82) is 0 Å². The number of hydrogen-bond donors (Lipinski definition) is 0. The molecule has 0 aromatic heterocycles. The number of halogens is 3. The lowest BCUT2D eigenvalue weighted by Gasteiger charge is -2.07. The van der Waals surface area contributed by atoms with Gasteiger partial charge in [0.05, 0.1) is 6.61 Å². The van der Waals surface area contributed by atoms with Crippen molar-refractivity contribution in [2.24, 2.45) is 0 Å². The van der Waals surface area contributed by atoms with Crippen molar-refractivity contribution in [2.75, 3.05) is 6.61 Å². The van der Waals surface area contributed by atoms with Crippen LogP contribution in [-0.4, -0.2) is 16.5 Å². The molecule has 0 aromatic carbocycles. The first-order chi connectivity index (χ1) is 5.42. The van der Waals surface area contributed by atoms with E-state index in [0.717, 1.165) is 22.6 Å². The van der Waals surface area contributed by atoms with E-state index < -0.39 is 3.93 Å². The fraction of sp³-hybridized carbons (Fsp3) is 0.857. The molecule has 0 saturated carbocycles. The van der Waals surface area contributed by atoms with Gasteiger partial charge in [-0.2, -0.15) is 8.78 Å². The van der Waals surface area contributed by atoms with Crippen molar-refractivity contribution in [3.8, 4) is 0 Å². The number of alkyl halides is 3. The highest BCUT2D eigenvalue weighted by molar-refractivity contribution is 14.1. The summed E-state index contributed by atoms with van der Waals surface area (Å²) >= 11 is 1.10. The Balaban J connectivity index is 3.17. The van der Waals surface area contributed by atoms with E-state index in [9.17, 15) is 13.6 Å². The van der Waals surface area contributed by atoms with E-state index in [1.54, 1.807) is 0 Å². The number of carbonyl (C=O) groups is 1. The number of unbranched alkanes of at least 4 members (excludes halogenated alkanes) is 1. The van der Waals surface area contributed by atoms with Crippen LogP contribution in [0.25, 0.3) is 0 Å². The molecule has 2 nitrogen and oxygen atoms in total. The molecule has 0 amide bonds. The molecule has 72 valence electrons. The summed E-state index contributed by atoms with van der Waals surface area (Å²) in [5.41, 5.74) is 0. The van der Waals surface area contributed by atoms with Crippen molar-refractivity contribution in [1.82, 2.24) is 0 Å². The third kappa shape index (κ3) is 10.1. The first kappa shape index (κ1) is 12.1. The lowest BCUT2D eigenvalue weighted by Crippen LogP contribution is -2.06. The zero-order chi connectivity index (χ0) is 9.61. The van der Waals surface area contributed by atoms with Gasteiger partial charge in [-0.3, -0.25) is 4.79 Å². The monoisotopic (exact) mass is 292 g/mol. The molecule has 0 rings (SSSR count). The third-order valence-electron chi connectivity index (χ3n) is 1.16. The van der Waals surface area contributed by atoms with Crippen molar-refractivity contribution < 1.29 is 18.3 Å². The largest absolute Gasteiger partial charge is 0.466 e. The van der Waals surface area contributed by atoms with E-state index in [0.29, 0.717) is 12.8 Å². The standard InChI is InChI=1S/C7H11F2IO2/c1-6(11)12-5-3-2-4-7(8,9)10/h2-5H2,1H3. The number of ether oxygens (including phenoxy) is 1. The zero-order valence-corrected chi connectivity index (χ0v) is 8.94. The van der Waals surface area contributed by atoms with Gasteiger partial charge in [-0.1, -0.05) is 0 Å². The molecule has 0 aliphatic rings. The molecule has 0 aliphatic heterocycles. The van der Waals surface area contributed by atoms with Gasteiger partial charge < -0.3 is 4.74 Å². The minimum atomic E-state index is -2.63. The zero-order valence-electron chi connectivity index (χ0n) is 6.78. The van der Waals surface area contributed by atoms with Gasteiger partial charge >= 0.3 is 5.97 Å². The molecule has 0 fully saturated rings. The fourth-order valence-corrected chi connectivity index (χ4v) is 1.02. The maximum absolute atomic E-state index is 12.2. The van der Waals surface area contributed by atoms with Gasteiger partial charge in [-0.25, -0.2) is 0 Å². The smallest absolute Gasteiger partial charge is 0.302 e. The summed E-state index contributed by atoms with van der Waals surface area (Å²) in [5, 5.41) is 0. The lowest BCUT2D eigenvalue weighted by atomic mass is 10.2. The van der Waals surface area contributed by atoms with Gasteiger partial charge in [-0.15, -0.1) is 0 Å². The van der Waals surface area contributed by atoms with Crippen LogP contribution >= 0.6 is 22.6 Å². The average Bonchev–Trinajstić information content (AvgIpc) is 1.83. The molecule has 12 heavy (non-hydrogen) atoms. The molecule has 0 heterocycles. The van der Waals surface area contributed by atoms with E-state index in [-0.39, 0.29) is 19.0 Å². The Morgan fingerprint density at radius 3 is 2.50 bits per heavy atom. The van der Waals surface area contributed by atoms with Crippen molar-refractivity contribution >= 4 is 28.6 Å². The minimum Gasteiger partial charge on any atom is -0.466 e. The fourth-order valence-electron chi connectivity index (χ4n) is 0.643. The second-order valence-electron chi connectivity index (χ2n) is 2.41. The molecule has 0 saturated heterocycles. The highest BCUT2D eigenvalue weighted by atomic mass is 127. The first-order valence-electron chi connectivity index (χ1n) is 3.62. The summed E-state index contributed by atoms with van der Waals surface area (Å²) in [6.45, 7) is 1.54. The van der Waals surface area contributed by atoms with Gasteiger partial charge in [0.1, 0.15) is 0 Å². The normalized spacial score (nSPS) is 11.3. The van der Waals surface area contributed by atoms with Crippen LogP contribution in [0.2, 0.25) is 0 Å². The number of esters is 1. The minimum absolute atomic E-state index is 0.158. The Bertz CT molecular complexity index is 145. The van der Waals surface area contributed by atoms with Crippen LogP contribution < -0.4 is 0 Å². The molecular weight excluding hydrogens is 281 g/mol. The molecule has 0 bridgehead atoms. The molecule has 0 spiro atoms. The second-order valence-corrected chi connectivity index (χ2v) is 3.99. The predicted molar refractivity (Wildman–Crippen MR) is 49.5 cm³/mol. The molecule has 0 N–H and O–H groups in total. The van der Waals surface area contributed by atoms with Crippen LogP contribution in [0.3, 0.4) is 0 Å². The van der Waals surface area contributed by atoms with Gasteiger partial charge in [0.15, 0.2) is 0 Å². The Morgan fingerprint density at radius 2 is 2.08 bits per heavy atom. The summed E-state index contributed by atoms with van der Waals surface area (Å²) in [6, 6.07) is 0. The van der Waals surface area contributed by atoms with E-state index in [1.807, 2.05) is 0 Å². The van der Waals surface area contributed by atoms with E-state index in [2.05, 4.69) is 4.74 Å². The van der Waals surface area contributed by atoms with E-state index in [4.69, 9.17) is 0 Å². The molecule has 0 radical (unpaired) electrons. The number of rotatable bonds is 5. The SMILES string of the molecule is CC(=O)OCCCCC(F)(F)I. The van der Waals surface area contributed by atoms with Crippen molar-refractivity contribution in [3.63, 3.8) is 0 Å². The summed E-state index contributed by atoms with van der Waals surface area (Å²) in [7, 11) is 0. The van der Waals surface area contributed by atoms with Crippen LogP contribution in [0.15, 0.2) is 0 Å². The molecule has 0 aromatic rings. The van der Waals surface area contributed by atoms with Crippen LogP contribution in [0.5, 0.6) is 0 Å². The van der Waals surface area contributed by atoms with Gasteiger partial charge in [0, 0.05) is 13.3 Å². The molecular formula is C7H11F2IO2. The molecule has 0 atom stereocenters. The van der Waals surface area contributed by atoms with E-state index in [1.165, 1.54) is 6.92 Å². The highest BCUT2D eigenvalue weighted by Gasteiger charge is 2.22. The van der Waals surface area contributed by atoms with Crippen LogP contribution in [-0.2, 0) is 9.53 Å². The average molecular weight is 292 g/mol. The van der Waals surface area contributed by atoms with Gasteiger partial charge in [0.25, 0.3) is 3.93 Å². The van der Waals surface area contributed by atoms with E-state index >= 15 is 0 Å². The summed E-state index contributed by atoms with van der Waals surface area (Å²) in [4.78, 5) is 10.2. The Kier molecular flexibility index (Phi) is 5.69. The third-order valence-corrected chi connectivity index (χ3v) is 1.70. The maximum Gasteiger partial charge on any atom is 0.302 e. The summed E-state index contributed by atoms with van der Waals surface area (Å²) in [6.07, 6.45) is 0.718. The molecule has 0 aliphatic carbocycles. The van der Waals surface area contributed by atoms with Crippen LogP contribution in [0.4, 0.5) is 8.78 Å². The Morgan fingerprint density at radius 1 is 1.50 bits per heavy atom. The van der Waals surface area contributed by atoms with Crippen molar-refractivity contribution in [3.05, 3.63) is 0 Å². The van der Waals surface area contributed by atoms with Crippen LogP contribution in [0.1, 0.15) is 26.2 Å². The first-order valence-corrected chi connectivity index (χ1v) is 4.70. The topological polar surface area (TPSA) is 26.3 Å². The highest BCUT2D eigenvalue weighted by Crippen LogP contribution is 2.28.